The fraction of sp³-hybridized carbons (Fsp3) is 0.154. The minimum atomic E-state index is -0.872. The summed E-state index contributed by atoms with van der Waals surface area (Å²) in [6.45, 7) is 0. The van der Waals surface area contributed by atoms with E-state index >= 15 is 0 Å². The highest BCUT2D eigenvalue weighted by molar-refractivity contribution is 9.14. The van der Waals surface area contributed by atoms with Crippen molar-refractivity contribution in [3.8, 4) is 5.75 Å². The molecule has 1 aromatic rings. The Morgan fingerprint density at radius 3 is 2.05 bits per heavy atom. The second-order valence-corrected chi connectivity index (χ2v) is 5.08. The number of hydrogen-bond donors (Lipinski definition) is 0. The summed E-state index contributed by atoms with van der Waals surface area (Å²) in [6.07, 6.45) is 0. The van der Waals surface area contributed by atoms with Crippen LogP contribution in [0.4, 0.5) is 0 Å². The Bertz CT molecular complexity index is 608. The third kappa shape index (κ3) is 4.40. The van der Waals surface area contributed by atoms with E-state index in [1.54, 1.807) is 12.1 Å². The number of methoxy groups -OCH3 is 2. The zero-order valence-corrected chi connectivity index (χ0v) is 14.2. The van der Waals surface area contributed by atoms with Gasteiger partial charge in [0.15, 0.2) is 0 Å². The van der Waals surface area contributed by atoms with Crippen molar-refractivity contribution in [3.05, 3.63) is 38.8 Å². The molecule has 0 unspecified atom stereocenters. The topological polar surface area (TPSA) is 78.9 Å². The molecule has 0 aromatic heterocycles. The SMILES string of the molecule is COC(=O)/C(Br)=C(\Br)C(=O)Oc1ccccc1C(=O)OC. The largest absolute Gasteiger partial charge is 0.465 e. The Kier molecular flexibility index (Phi) is 6.57. The number of halogens is 2. The van der Waals surface area contributed by atoms with E-state index in [1.165, 1.54) is 26.4 Å². The third-order valence-electron chi connectivity index (χ3n) is 2.23. The molecular weight excluding hydrogens is 412 g/mol. The summed E-state index contributed by atoms with van der Waals surface area (Å²) in [5.74, 6) is -2.26. The summed E-state index contributed by atoms with van der Waals surface area (Å²) in [4.78, 5) is 34.8. The van der Waals surface area contributed by atoms with Gasteiger partial charge in [-0.2, -0.15) is 0 Å². The van der Waals surface area contributed by atoms with Gasteiger partial charge in [0.25, 0.3) is 0 Å². The molecule has 0 fully saturated rings. The normalized spacial score (nSPS) is 11.2. The van der Waals surface area contributed by atoms with Crippen LogP contribution in [0, 0.1) is 0 Å². The molecular formula is C13H10Br2O6. The number of hydrogen-bond acceptors (Lipinski definition) is 6. The molecule has 0 spiro atoms. The molecule has 0 N–H and O–H groups in total. The van der Waals surface area contributed by atoms with Crippen LogP contribution in [0.5, 0.6) is 5.75 Å². The molecule has 0 bridgehead atoms. The monoisotopic (exact) mass is 420 g/mol. The van der Waals surface area contributed by atoms with E-state index in [1.807, 2.05) is 0 Å². The van der Waals surface area contributed by atoms with Crippen molar-refractivity contribution >= 4 is 49.8 Å². The number of carbonyl (C=O) groups is 3. The van der Waals surface area contributed by atoms with Crippen LogP contribution in [0.3, 0.4) is 0 Å². The van der Waals surface area contributed by atoms with Gasteiger partial charge in [0.1, 0.15) is 20.3 Å². The highest BCUT2D eigenvalue weighted by atomic mass is 79.9. The van der Waals surface area contributed by atoms with Gasteiger partial charge in [-0.25, -0.2) is 14.4 Å². The lowest BCUT2D eigenvalue weighted by Crippen LogP contribution is -2.14. The second kappa shape index (κ2) is 7.94. The van der Waals surface area contributed by atoms with E-state index in [0.29, 0.717) is 0 Å². The van der Waals surface area contributed by atoms with Crippen LogP contribution >= 0.6 is 31.9 Å². The van der Waals surface area contributed by atoms with Crippen LogP contribution in [0.2, 0.25) is 0 Å². The number of ether oxygens (including phenoxy) is 3. The van der Waals surface area contributed by atoms with Crippen molar-refractivity contribution in [2.45, 2.75) is 0 Å². The zero-order valence-electron chi connectivity index (χ0n) is 11.0. The highest BCUT2D eigenvalue weighted by Gasteiger charge is 2.21. The number of benzene rings is 1. The van der Waals surface area contributed by atoms with Gasteiger partial charge < -0.3 is 14.2 Å². The lowest BCUT2D eigenvalue weighted by Gasteiger charge is -2.08. The number of rotatable bonds is 4. The molecule has 0 heterocycles. The van der Waals surface area contributed by atoms with Gasteiger partial charge in [0.2, 0.25) is 0 Å². The smallest absolute Gasteiger partial charge is 0.352 e. The average molecular weight is 422 g/mol. The fourth-order valence-electron chi connectivity index (χ4n) is 1.25. The Balaban J connectivity index is 3.05. The van der Waals surface area contributed by atoms with E-state index in [9.17, 15) is 14.4 Å². The first-order valence-corrected chi connectivity index (χ1v) is 7.04. The standard InChI is InChI=1S/C13H10Br2O6/c1-19-11(16)7-5-3-4-6-8(7)21-13(18)10(15)9(14)12(17)20-2/h3-6H,1-2H3/b10-9+. The molecule has 1 rings (SSSR count). The number of para-hydroxylation sites is 1. The lowest BCUT2D eigenvalue weighted by atomic mass is 10.2. The Morgan fingerprint density at radius 1 is 0.905 bits per heavy atom. The highest BCUT2D eigenvalue weighted by Crippen LogP contribution is 2.24. The van der Waals surface area contributed by atoms with E-state index in [4.69, 9.17) is 4.74 Å². The van der Waals surface area contributed by atoms with Gasteiger partial charge in [0, 0.05) is 0 Å². The second-order valence-electron chi connectivity index (χ2n) is 3.50. The maximum Gasteiger partial charge on any atom is 0.352 e. The Hall–Kier alpha value is -1.67. The minimum Gasteiger partial charge on any atom is -0.465 e. The lowest BCUT2D eigenvalue weighted by molar-refractivity contribution is -0.136. The van der Waals surface area contributed by atoms with Gasteiger partial charge in [-0.1, -0.05) is 12.1 Å². The molecule has 6 nitrogen and oxygen atoms in total. The number of carbonyl (C=O) groups excluding carboxylic acids is 3. The summed E-state index contributed by atoms with van der Waals surface area (Å²) >= 11 is 5.84. The molecule has 0 atom stereocenters. The Labute approximate surface area is 137 Å². The van der Waals surface area contributed by atoms with Crippen LogP contribution in [-0.4, -0.2) is 32.1 Å². The predicted molar refractivity (Wildman–Crippen MR) is 80.3 cm³/mol. The van der Waals surface area contributed by atoms with Gasteiger partial charge in [-0.05, 0) is 44.0 Å². The fourth-order valence-corrected chi connectivity index (χ4v) is 1.81. The van der Waals surface area contributed by atoms with E-state index in [0.717, 1.165) is 0 Å². The molecule has 0 radical (unpaired) electrons. The molecule has 0 amide bonds. The maximum absolute atomic E-state index is 11.9. The summed E-state index contributed by atoms with van der Waals surface area (Å²) in [6, 6.07) is 6.05. The van der Waals surface area contributed by atoms with Crippen molar-refractivity contribution in [2.75, 3.05) is 14.2 Å². The number of esters is 3. The summed E-state index contributed by atoms with van der Waals surface area (Å²) in [5.41, 5.74) is 0.0860. The van der Waals surface area contributed by atoms with Crippen LogP contribution in [0.1, 0.15) is 10.4 Å². The Morgan fingerprint density at radius 2 is 1.48 bits per heavy atom. The van der Waals surface area contributed by atoms with Crippen molar-refractivity contribution in [1.82, 2.24) is 0 Å². The van der Waals surface area contributed by atoms with Gasteiger partial charge in [-0.15, -0.1) is 0 Å². The molecule has 1 aromatic carbocycles. The molecule has 0 saturated carbocycles. The van der Waals surface area contributed by atoms with E-state index in [-0.39, 0.29) is 20.3 Å². The van der Waals surface area contributed by atoms with Gasteiger partial charge >= 0.3 is 17.9 Å². The quantitative estimate of drug-likeness (QED) is 0.422. The van der Waals surface area contributed by atoms with Gasteiger partial charge in [-0.3, -0.25) is 0 Å². The predicted octanol–water partition coefficient (Wildman–Crippen LogP) is 2.55. The van der Waals surface area contributed by atoms with Crippen molar-refractivity contribution in [3.63, 3.8) is 0 Å². The first-order chi connectivity index (χ1) is 9.92. The van der Waals surface area contributed by atoms with Crippen molar-refractivity contribution in [2.24, 2.45) is 0 Å². The maximum atomic E-state index is 11.9. The minimum absolute atomic E-state index is 0.0106. The molecule has 112 valence electrons. The summed E-state index contributed by atoms with van der Waals surface area (Å²) < 4.78 is 13.8. The van der Waals surface area contributed by atoms with Crippen LogP contribution in [0.15, 0.2) is 33.2 Å². The third-order valence-corrected chi connectivity index (χ3v) is 4.20. The van der Waals surface area contributed by atoms with E-state index < -0.39 is 17.9 Å². The first-order valence-electron chi connectivity index (χ1n) is 5.45. The molecule has 8 heteroatoms. The average Bonchev–Trinajstić information content (AvgIpc) is 2.52. The zero-order chi connectivity index (χ0) is 16.0. The molecule has 21 heavy (non-hydrogen) atoms. The van der Waals surface area contributed by atoms with Crippen LogP contribution in [0.25, 0.3) is 0 Å². The molecule has 0 aliphatic rings. The van der Waals surface area contributed by atoms with Crippen LogP contribution in [-0.2, 0) is 19.1 Å². The summed E-state index contributed by atoms with van der Waals surface area (Å²) in [5, 5.41) is 0. The van der Waals surface area contributed by atoms with Crippen molar-refractivity contribution < 1.29 is 28.6 Å². The first kappa shape index (κ1) is 17.4. The van der Waals surface area contributed by atoms with E-state index in [2.05, 4.69) is 41.3 Å². The van der Waals surface area contributed by atoms with Crippen LogP contribution < -0.4 is 4.74 Å². The van der Waals surface area contributed by atoms with Crippen molar-refractivity contribution in [1.29, 1.82) is 0 Å². The summed E-state index contributed by atoms with van der Waals surface area (Å²) in [7, 11) is 2.38. The molecule has 0 aliphatic carbocycles. The van der Waals surface area contributed by atoms with Gasteiger partial charge in [0.05, 0.1) is 14.2 Å². The molecule has 0 saturated heterocycles. The molecule has 0 aliphatic heterocycles.